The van der Waals surface area contributed by atoms with Gasteiger partial charge in [-0.05, 0) is 74.1 Å². The van der Waals surface area contributed by atoms with Gasteiger partial charge in [0.05, 0.1) is 0 Å². The normalized spacial score (nSPS) is 14.1. The van der Waals surface area contributed by atoms with E-state index in [1.807, 2.05) is 19.9 Å². The maximum absolute atomic E-state index is 13.2. The van der Waals surface area contributed by atoms with Crippen LogP contribution in [0.2, 0.25) is 0 Å². The van der Waals surface area contributed by atoms with Gasteiger partial charge in [0.25, 0.3) is 0 Å². The second-order valence-corrected chi connectivity index (χ2v) is 5.96. The summed E-state index contributed by atoms with van der Waals surface area (Å²) in [4.78, 5) is 0. The van der Waals surface area contributed by atoms with Crippen molar-refractivity contribution in [3.63, 3.8) is 0 Å². The number of nitrogens with two attached hydrogens (primary N) is 1. The minimum Gasteiger partial charge on any atom is -0.321 e. The molecule has 2 N–H and O–H groups in total. The fraction of sp³-hybridized carbons (Fsp3) is 0.333. The Kier molecular flexibility index (Phi) is 3.96. The van der Waals surface area contributed by atoms with Crippen molar-refractivity contribution in [2.24, 2.45) is 5.73 Å². The summed E-state index contributed by atoms with van der Waals surface area (Å²) in [5.74, 6) is -0.198. The molecule has 0 saturated heterocycles. The second-order valence-electron chi connectivity index (χ2n) is 5.96. The number of hydrogen-bond donors (Lipinski definition) is 1. The molecular weight excluding hydrogens is 249 g/mol. The fourth-order valence-corrected chi connectivity index (χ4v) is 2.45. The van der Waals surface area contributed by atoms with Gasteiger partial charge in [-0.25, -0.2) is 4.39 Å². The number of benzene rings is 2. The van der Waals surface area contributed by atoms with Crippen molar-refractivity contribution in [2.75, 3.05) is 0 Å². The molecule has 1 atom stereocenters. The van der Waals surface area contributed by atoms with Crippen LogP contribution in [0.1, 0.15) is 34.7 Å². The Bertz CT molecular complexity index is 629. The van der Waals surface area contributed by atoms with Gasteiger partial charge in [-0.15, -0.1) is 0 Å². The van der Waals surface area contributed by atoms with E-state index >= 15 is 0 Å². The average molecular weight is 271 g/mol. The smallest absolute Gasteiger partial charge is 0.123 e. The molecule has 0 amide bonds. The van der Waals surface area contributed by atoms with Crippen LogP contribution in [0.4, 0.5) is 4.39 Å². The molecule has 1 nitrogen and oxygen atoms in total. The van der Waals surface area contributed by atoms with Gasteiger partial charge in [-0.2, -0.15) is 0 Å². The lowest BCUT2D eigenvalue weighted by atomic mass is 9.84. The van der Waals surface area contributed by atoms with Crippen molar-refractivity contribution < 1.29 is 4.39 Å². The maximum atomic E-state index is 13.2. The molecule has 2 heteroatoms. The van der Waals surface area contributed by atoms with E-state index in [-0.39, 0.29) is 5.82 Å². The molecule has 0 aliphatic carbocycles. The lowest BCUT2D eigenvalue weighted by molar-refractivity contribution is 0.489. The van der Waals surface area contributed by atoms with E-state index in [0.29, 0.717) is 6.42 Å². The summed E-state index contributed by atoms with van der Waals surface area (Å²) in [5.41, 5.74) is 11.7. The molecule has 0 aliphatic rings. The van der Waals surface area contributed by atoms with Crippen LogP contribution in [0, 0.1) is 26.6 Å². The van der Waals surface area contributed by atoms with Gasteiger partial charge < -0.3 is 5.73 Å². The Morgan fingerprint density at radius 3 is 2.25 bits per heavy atom. The maximum Gasteiger partial charge on any atom is 0.123 e. The Hall–Kier alpha value is -1.67. The summed E-state index contributed by atoms with van der Waals surface area (Å²) >= 11 is 0. The molecule has 0 spiro atoms. The Labute approximate surface area is 120 Å². The number of aryl methyl sites for hydroxylation is 3. The first-order valence-corrected chi connectivity index (χ1v) is 6.91. The lowest BCUT2D eigenvalue weighted by Gasteiger charge is -2.27. The van der Waals surface area contributed by atoms with Crippen LogP contribution in [0.3, 0.4) is 0 Å². The van der Waals surface area contributed by atoms with Crippen LogP contribution >= 0.6 is 0 Å². The lowest BCUT2D eigenvalue weighted by Crippen LogP contribution is -2.35. The third-order valence-corrected chi connectivity index (χ3v) is 4.03. The van der Waals surface area contributed by atoms with Crippen molar-refractivity contribution >= 4 is 0 Å². The molecule has 2 aromatic rings. The minimum atomic E-state index is -0.457. The highest BCUT2D eigenvalue weighted by molar-refractivity contribution is 5.36. The highest BCUT2D eigenvalue weighted by Crippen LogP contribution is 2.26. The number of halogens is 1. The summed E-state index contributed by atoms with van der Waals surface area (Å²) < 4.78 is 13.2. The van der Waals surface area contributed by atoms with Gasteiger partial charge >= 0.3 is 0 Å². The zero-order chi connectivity index (χ0) is 14.9. The van der Waals surface area contributed by atoms with Gasteiger partial charge in [-0.3, -0.25) is 0 Å². The summed E-state index contributed by atoms with van der Waals surface area (Å²) in [6.07, 6.45) is 0.696. The molecule has 0 fully saturated rings. The quantitative estimate of drug-likeness (QED) is 0.891. The fourth-order valence-electron chi connectivity index (χ4n) is 2.45. The highest BCUT2D eigenvalue weighted by Gasteiger charge is 2.23. The first-order chi connectivity index (χ1) is 9.29. The molecule has 1 unspecified atom stereocenters. The van der Waals surface area contributed by atoms with Gasteiger partial charge in [0.2, 0.25) is 0 Å². The molecule has 0 heterocycles. The largest absolute Gasteiger partial charge is 0.321 e. The van der Waals surface area contributed by atoms with E-state index in [2.05, 4.69) is 32.0 Å². The molecule has 0 saturated carbocycles. The SMILES string of the molecule is Cc1ccc(C(C)(N)Cc2ccc(F)cc2C)cc1C. The third kappa shape index (κ3) is 3.07. The zero-order valence-corrected chi connectivity index (χ0v) is 12.6. The van der Waals surface area contributed by atoms with Gasteiger partial charge in [-0.1, -0.05) is 24.3 Å². The summed E-state index contributed by atoms with van der Waals surface area (Å²) in [6, 6.07) is 11.2. The van der Waals surface area contributed by atoms with Gasteiger partial charge in [0.15, 0.2) is 0 Å². The molecule has 106 valence electrons. The molecule has 2 rings (SSSR count). The summed E-state index contributed by atoms with van der Waals surface area (Å²) in [7, 11) is 0. The monoisotopic (exact) mass is 271 g/mol. The van der Waals surface area contributed by atoms with Crippen LogP contribution in [0.15, 0.2) is 36.4 Å². The van der Waals surface area contributed by atoms with E-state index in [9.17, 15) is 4.39 Å². The van der Waals surface area contributed by atoms with E-state index in [4.69, 9.17) is 5.73 Å². The van der Waals surface area contributed by atoms with Crippen LogP contribution in [0.5, 0.6) is 0 Å². The topological polar surface area (TPSA) is 26.0 Å². The zero-order valence-electron chi connectivity index (χ0n) is 12.6. The molecule has 0 bridgehead atoms. The van der Waals surface area contributed by atoms with Crippen LogP contribution in [0.25, 0.3) is 0 Å². The first-order valence-electron chi connectivity index (χ1n) is 6.91. The van der Waals surface area contributed by atoms with Crippen molar-refractivity contribution in [3.8, 4) is 0 Å². The average Bonchev–Trinajstić information content (AvgIpc) is 2.36. The predicted octanol–water partition coefficient (Wildman–Crippen LogP) is 4.17. The predicted molar refractivity (Wildman–Crippen MR) is 82.3 cm³/mol. The third-order valence-electron chi connectivity index (χ3n) is 4.03. The molecular formula is C18H22FN. The van der Waals surface area contributed by atoms with E-state index in [1.165, 1.54) is 17.2 Å². The van der Waals surface area contributed by atoms with E-state index in [0.717, 1.165) is 16.7 Å². The summed E-state index contributed by atoms with van der Waals surface area (Å²) in [6.45, 7) is 8.14. The van der Waals surface area contributed by atoms with Crippen LogP contribution < -0.4 is 5.73 Å². The summed E-state index contributed by atoms with van der Waals surface area (Å²) in [5, 5.41) is 0. The van der Waals surface area contributed by atoms with Crippen molar-refractivity contribution in [2.45, 2.75) is 39.7 Å². The van der Waals surface area contributed by atoms with Crippen molar-refractivity contribution in [1.29, 1.82) is 0 Å². The first kappa shape index (κ1) is 14.7. The minimum absolute atomic E-state index is 0.198. The molecule has 0 radical (unpaired) electrons. The Morgan fingerprint density at radius 2 is 1.65 bits per heavy atom. The number of hydrogen-bond acceptors (Lipinski definition) is 1. The molecule has 20 heavy (non-hydrogen) atoms. The van der Waals surface area contributed by atoms with Crippen molar-refractivity contribution in [3.05, 3.63) is 70.0 Å². The number of rotatable bonds is 3. The van der Waals surface area contributed by atoms with E-state index in [1.54, 1.807) is 6.07 Å². The van der Waals surface area contributed by atoms with E-state index < -0.39 is 5.54 Å². The molecule has 0 aliphatic heterocycles. The van der Waals surface area contributed by atoms with Gasteiger partial charge in [0.1, 0.15) is 5.82 Å². The van der Waals surface area contributed by atoms with Crippen molar-refractivity contribution in [1.82, 2.24) is 0 Å². The molecule has 2 aromatic carbocycles. The van der Waals surface area contributed by atoms with Crippen LogP contribution in [-0.4, -0.2) is 0 Å². The standard InChI is InChI=1S/C18H22FN/c1-12-5-7-16(9-13(12)2)18(4,20)11-15-6-8-17(19)10-14(15)3/h5-10H,11,20H2,1-4H3. The Morgan fingerprint density at radius 1 is 0.950 bits per heavy atom. The Balaban J connectivity index is 2.32. The van der Waals surface area contributed by atoms with Crippen LogP contribution in [-0.2, 0) is 12.0 Å². The second kappa shape index (κ2) is 5.37. The molecule has 0 aromatic heterocycles. The van der Waals surface area contributed by atoms with Gasteiger partial charge in [0, 0.05) is 5.54 Å². The highest BCUT2D eigenvalue weighted by atomic mass is 19.1.